The van der Waals surface area contributed by atoms with Crippen molar-refractivity contribution in [3.63, 3.8) is 0 Å². The number of ether oxygens (including phenoxy) is 2. The minimum absolute atomic E-state index is 0.0265. The van der Waals surface area contributed by atoms with Crippen molar-refractivity contribution in [2.75, 3.05) is 69.4 Å². The Morgan fingerprint density at radius 1 is 1.03 bits per heavy atom. The van der Waals surface area contributed by atoms with Gasteiger partial charge in [-0.2, -0.15) is 5.10 Å². The van der Waals surface area contributed by atoms with Crippen LogP contribution in [-0.2, 0) is 9.53 Å². The van der Waals surface area contributed by atoms with Crippen molar-refractivity contribution in [2.24, 2.45) is 0 Å². The number of methoxy groups -OCH3 is 1. The van der Waals surface area contributed by atoms with Gasteiger partial charge in [-0.25, -0.2) is 0 Å². The maximum atomic E-state index is 12.5. The number of amides is 1. The lowest BCUT2D eigenvalue weighted by Crippen LogP contribution is -2.48. The Morgan fingerprint density at radius 2 is 1.77 bits per heavy atom. The van der Waals surface area contributed by atoms with Gasteiger partial charge in [-0.3, -0.25) is 4.79 Å². The molecule has 0 aliphatic carbocycles. The Balaban J connectivity index is 1.32. The molecule has 1 aromatic carbocycles. The number of piperazine rings is 1. The number of hydrogen-bond donors (Lipinski definition) is 0. The highest BCUT2D eigenvalue weighted by Gasteiger charge is 2.22. The fraction of sp³-hybridized carbons (Fsp3) is 0.409. The highest BCUT2D eigenvalue weighted by molar-refractivity contribution is 5.92. The molecule has 0 bridgehead atoms. The van der Waals surface area contributed by atoms with Gasteiger partial charge in [-0.1, -0.05) is 12.1 Å². The summed E-state index contributed by atoms with van der Waals surface area (Å²) in [6.07, 6.45) is 5.28. The third kappa shape index (κ3) is 4.88. The summed E-state index contributed by atoms with van der Waals surface area (Å²) in [6.45, 7) is 6.02. The number of nitrogens with zero attached hydrogens (tertiary/aromatic N) is 5. The molecule has 0 spiro atoms. The molecule has 0 radical (unpaired) electrons. The van der Waals surface area contributed by atoms with E-state index in [1.54, 1.807) is 19.4 Å². The van der Waals surface area contributed by atoms with Gasteiger partial charge in [0.05, 0.1) is 32.2 Å². The van der Waals surface area contributed by atoms with Gasteiger partial charge < -0.3 is 24.2 Å². The maximum Gasteiger partial charge on any atom is 0.246 e. The third-order valence-electron chi connectivity index (χ3n) is 5.45. The van der Waals surface area contributed by atoms with Crippen LogP contribution in [0.15, 0.2) is 42.6 Å². The summed E-state index contributed by atoms with van der Waals surface area (Å²) in [4.78, 5) is 18.9. The van der Waals surface area contributed by atoms with Gasteiger partial charge in [-0.15, -0.1) is 5.10 Å². The van der Waals surface area contributed by atoms with Crippen molar-refractivity contribution in [1.29, 1.82) is 0 Å². The first kappa shape index (κ1) is 20.2. The summed E-state index contributed by atoms with van der Waals surface area (Å²) in [6, 6.07) is 9.71. The van der Waals surface area contributed by atoms with Crippen molar-refractivity contribution < 1.29 is 14.3 Å². The first-order valence-corrected chi connectivity index (χ1v) is 10.2. The van der Waals surface area contributed by atoms with Crippen molar-refractivity contribution in [3.8, 4) is 5.75 Å². The van der Waals surface area contributed by atoms with Crippen LogP contribution in [0, 0.1) is 0 Å². The number of rotatable bonds is 5. The van der Waals surface area contributed by atoms with Crippen LogP contribution in [-0.4, -0.2) is 80.6 Å². The van der Waals surface area contributed by atoms with Gasteiger partial charge in [0.15, 0.2) is 5.82 Å². The van der Waals surface area contributed by atoms with E-state index in [9.17, 15) is 4.79 Å². The first-order valence-electron chi connectivity index (χ1n) is 10.2. The molecular weight excluding hydrogens is 382 g/mol. The van der Waals surface area contributed by atoms with Gasteiger partial charge in [0.25, 0.3) is 0 Å². The predicted molar refractivity (Wildman–Crippen MR) is 116 cm³/mol. The fourth-order valence-corrected chi connectivity index (χ4v) is 3.64. The average Bonchev–Trinajstić information content (AvgIpc) is 2.83. The number of benzene rings is 1. The van der Waals surface area contributed by atoms with Crippen LogP contribution in [0.4, 0.5) is 11.5 Å². The summed E-state index contributed by atoms with van der Waals surface area (Å²) in [5.41, 5.74) is 2.04. The molecule has 0 saturated carbocycles. The second-order valence-corrected chi connectivity index (χ2v) is 7.29. The van der Waals surface area contributed by atoms with Crippen molar-refractivity contribution in [3.05, 3.63) is 48.2 Å². The van der Waals surface area contributed by atoms with Crippen LogP contribution in [0.25, 0.3) is 6.08 Å². The lowest BCUT2D eigenvalue weighted by molar-refractivity contribution is -0.126. The van der Waals surface area contributed by atoms with Gasteiger partial charge in [0, 0.05) is 51.4 Å². The molecule has 8 nitrogen and oxygen atoms in total. The molecule has 3 heterocycles. The Hall–Kier alpha value is -3.13. The zero-order valence-electron chi connectivity index (χ0n) is 17.2. The van der Waals surface area contributed by atoms with Crippen molar-refractivity contribution in [1.82, 2.24) is 15.1 Å². The van der Waals surface area contributed by atoms with Gasteiger partial charge in [0.1, 0.15) is 5.75 Å². The molecule has 1 aromatic heterocycles. The number of hydrogen-bond acceptors (Lipinski definition) is 7. The van der Waals surface area contributed by atoms with Crippen LogP contribution in [0.2, 0.25) is 0 Å². The van der Waals surface area contributed by atoms with Crippen LogP contribution in [0.3, 0.4) is 0 Å². The number of carbonyl (C=O) groups is 1. The highest BCUT2D eigenvalue weighted by Crippen LogP contribution is 2.21. The Labute approximate surface area is 176 Å². The Morgan fingerprint density at radius 3 is 2.47 bits per heavy atom. The SMILES string of the molecule is COc1ccc(/C=C/C(=O)N2CCN(c3cc(N4CCOCC4)cnn3)CC2)cc1. The molecular formula is C22H27N5O3. The minimum Gasteiger partial charge on any atom is -0.497 e. The fourth-order valence-electron chi connectivity index (χ4n) is 3.64. The molecule has 2 fully saturated rings. The molecule has 0 unspecified atom stereocenters. The first-order chi connectivity index (χ1) is 14.7. The molecule has 0 N–H and O–H groups in total. The quantitative estimate of drug-likeness (QED) is 0.696. The van der Waals surface area contributed by atoms with E-state index in [2.05, 4.69) is 26.1 Å². The Bertz CT molecular complexity index is 873. The van der Waals surface area contributed by atoms with E-state index in [0.29, 0.717) is 13.1 Å². The number of anilines is 2. The van der Waals surface area contributed by atoms with Crippen LogP contribution >= 0.6 is 0 Å². The zero-order valence-corrected chi connectivity index (χ0v) is 17.2. The lowest BCUT2D eigenvalue weighted by atomic mass is 10.2. The van der Waals surface area contributed by atoms with E-state index in [1.165, 1.54) is 0 Å². The number of morpholine rings is 1. The van der Waals surface area contributed by atoms with Crippen LogP contribution in [0.1, 0.15) is 5.56 Å². The predicted octanol–water partition coefficient (Wildman–Crippen LogP) is 1.68. The molecule has 158 valence electrons. The van der Waals surface area contributed by atoms with E-state index in [1.807, 2.05) is 35.2 Å². The molecule has 2 aliphatic rings. The zero-order chi connectivity index (χ0) is 20.8. The molecule has 2 aliphatic heterocycles. The summed E-state index contributed by atoms with van der Waals surface area (Å²) in [7, 11) is 1.64. The van der Waals surface area contributed by atoms with Crippen LogP contribution < -0.4 is 14.5 Å². The van der Waals surface area contributed by atoms with Gasteiger partial charge in [0.2, 0.25) is 5.91 Å². The van der Waals surface area contributed by atoms with E-state index in [4.69, 9.17) is 9.47 Å². The normalized spacial score (nSPS) is 17.4. The third-order valence-corrected chi connectivity index (χ3v) is 5.45. The molecule has 8 heteroatoms. The summed E-state index contributed by atoms with van der Waals surface area (Å²) >= 11 is 0. The second-order valence-electron chi connectivity index (χ2n) is 7.29. The molecule has 2 saturated heterocycles. The van der Waals surface area contributed by atoms with Crippen LogP contribution in [0.5, 0.6) is 5.75 Å². The summed E-state index contributed by atoms with van der Waals surface area (Å²) in [5.74, 6) is 1.69. The monoisotopic (exact) mass is 409 g/mol. The molecule has 30 heavy (non-hydrogen) atoms. The molecule has 0 atom stereocenters. The van der Waals surface area contributed by atoms with E-state index in [0.717, 1.165) is 62.2 Å². The number of aromatic nitrogens is 2. The topological polar surface area (TPSA) is 71.0 Å². The molecule has 2 aromatic rings. The second kappa shape index (κ2) is 9.58. The average molecular weight is 409 g/mol. The smallest absolute Gasteiger partial charge is 0.246 e. The lowest BCUT2D eigenvalue weighted by Gasteiger charge is -2.35. The standard InChI is InChI=1S/C22H27N5O3/c1-29-20-5-2-18(3-6-20)4-7-22(28)27-10-8-26(9-11-27)21-16-19(17-23-24-21)25-12-14-30-15-13-25/h2-7,16-17H,8-15H2,1H3/b7-4+. The van der Waals surface area contributed by atoms with Gasteiger partial charge >= 0.3 is 0 Å². The van der Waals surface area contributed by atoms with E-state index in [-0.39, 0.29) is 5.91 Å². The minimum atomic E-state index is 0.0265. The van der Waals surface area contributed by atoms with E-state index < -0.39 is 0 Å². The van der Waals surface area contributed by atoms with Gasteiger partial charge in [-0.05, 0) is 23.8 Å². The highest BCUT2D eigenvalue weighted by atomic mass is 16.5. The summed E-state index contributed by atoms with van der Waals surface area (Å²) < 4.78 is 10.6. The van der Waals surface area contributed by atoms with Crippen molar-refractivity contribution in [2.45, 2.75) is 0 Å². The Kier molecular flexibility index (Phi) is 6.44. The van der Waals surface area contributed by atoms with Crippen molar-refractivity contribution >= 4 is 23.5 Å². The largest absolute Gasteiger partial charge is 0.497 e. The molecule has 4 rings (SSSR count). The number of carbonyl (C=O) groups excluding carboxylic acids is 1. The molecule has 1 amide bonds. The maximum absolute atomic E-state index is 12.5. The summed E-state index contributed by atoms with van der Waals surface area (Å²) in [5, 5.41) is 8.50. The van der Waals surface area contributed by atoms with E-state index >= 15 is 0 Å².